The van der Waals surface area contributed by atoms with Crippen LogP contribution < -0.4 is 0 Å². The van der Waals surface area contributed by atoms with Crippen LogP contribution >= 0.6 is 11.3 Å². The Morgan fingerprint density at radius 1 is 0.918 bits per heavy atom. The van der Waals surface area contributed by atoms with Gasteiger partial charge in [-0.25, -0.2) is 24.5 Å². The number of aromatic amines is 2. The number of likely N-dealkylation sites (tertiary alicyclic amines) is 1. The molecule has 0 bridgehead atoms. The highest BCUT2D eigenvalue weighted by Crippen LogP contribution is 2.36. The van der Waals surface area contributed by atoms with E-state index in [-0.39, 0.29) is 18.2 Å². The van der Waals surface area contributed by atoms with Crippen molar-refractivity contribution in [2.75, 3.05) is 13.1 Å². The highest BCUT2D eigenvalue weighted by atomic mass is 32.1. The molecule has 2 aromatic carbocycles. The molecule has 1 fully saturated rings. The van der Waals surface area contributed by atoms with E-state index < -0.39 is 11.2 Å². The second-order valence-electron chi connectivity index (χ2n) is 14.4. The largest absolute Gasteiger partial charge is 0.444 e. The molecule has 1 aliphatic rings. The van der Waals surface area contributed by atoms with Gasteiger partial charge in [0.1, 0.15) is 27.9 Å². The summed E-state index contributed by atoms with van der Waals surface area (Å²) < 4.78 is 12.3. The van der Waals surface area contributed by atoms with Crippen molar-refractivity contribution in [3.05, 3.63) is 66.5 Å². The van der Waals surface area contributed by atoms with Gasteiger partial charge in [-0.05, 0) is 89.6 Å². The van der Waals surface area contributed by atoms with Gasteiger partial charge < -0.3 is 24.3 Å². The van der Waals surface area contributed by atoms with Crippen molar-refractivity contribution < 1.29 is 19.1 Å². The number of benzene rings is 2. The van der Waals surface area contributed by atoms with Crippen LogP contribution in [0.5, 0.6) is 0 Å². The van der Waals surface area contributed by atoms with Crippen LogP contribution in [-0.4, -0.2) is 71.2 Å². The Kier molecular flexibility index (Phi) is 9.52. The number of thiazole rings is 1. The zero-order valence-electron chi connectivity index (χ0n) is 29.3. The summed E-state index contributed by atoms with van der Waals surface area (Å²) in [6.45, 7) is 14.9. The van der Waals surface area contributed by atoms with Gasteiger partial charge >= 0.3 is 12.2 Å². The first-order valence-corrected chi connectivity index (χ1v) is 17.7. The second kappa shape index (κ2) is 13.7. The molecule has 1 saturated heterocycles. The van der Waals surface area contributed by atoms with E-state index in [1.54, 1.807) is 33.5 Å². The predicted molar refractivity (Wildman–Crippen MR) is 192 cm³/mol. The Bertz CT molecular complexity index is 1930. The average Bonchev–Trinajstić information content (AvgIpc) is 3.85. The van der Waals surface area contributed by atoms with Crippen LogP contribution in [0.4, 0.5) is 9.59 Å². The third kappa shape index (κ3) is 8.13. The second-order valence-corrected chi connectivity index (χ2v) is 15.5. The van der Waals surface area contributed by atoms with Gasteiger partial charge in [-0.1, -0.05) is 37.3 Å². The van der Waals surface area contributed by atoms with Gasteiger partial charge in [0.05, 0.1) is 46.6 Å². The first-order chi connectivity index (χ1) is 23.3. The Morgan fingerprint density at radius 2 is 1.61 bits per heavy atom. The molecule has 0 spiro atoms. The van der Waals surface area contributed by atoms with Crippen molar-refractivity contribution in [2.24, 2.45) is 0 Å². The minimum absolute atomic E-state index is 0.145. The number of H-pyrrole nitrogens is 2. The van der Waals surface area contributed by atoms with E-state index in [0.717, 1.165) is 68.4 Å². The fraction of sp³-hybridized carbons (Fsp3) is 0.432. The lowest BCUT2D eigenvalue weighted by Crippen LogP contribution is -2.37. The lowest BCUT2D eigenvalue weighted by atomic mass is 10.0. The van der Waals surface area contributed by atoms with E-state index in [4.69, 9.17) is 14.5 Å². The van der Waals surface area contributed by atoms with Crippen molar-refractivity contribution in [3.8, 4) is 33.1 Å². The quantitative estimate of drug-likeness (QED) is 0.167. The van der Waals surface area contributed by atoms with E-state index in [9.17, 15) is 9.59 Å². The minimum Gasteiger partial charge on any atom is -0.444 e. The number of rotatable bonds is 8. The Labute approximate surface area is 291 Å². The summed E-state index contributed by atoms with van der Waals surface area (Å²) in [7, 11) is 0. The van der Waals surface area contributed by atoms with Gasteiger partial charge in [0.25, 0.3) is 0 Å². The van der Waals surface area contributed by atoms with E-state index in [2.05, 4.69) is 56.3 Å². The average molecular weight is 684 g/mol. The van der Waals surface area contributed by atoms with Gasteiger partial charge in [-0.3, -0.25) is 4.90 Å². The SMILES string of the molecule is CCCN(Cc1ncc(-c2ccc(-c3ccc4nc(-c5cnc([C@@H]6CCCN6C(=O)OC(C)(C)C)[nH]5)sc4c3)cc2)[nH]1)C(=O)OC(C)(C)C. The first kappa shape index (κ1) is 34.2. The maximum atomic E-state index is 12.8. The Balaban J connectivity index is 1.14. The number of nitrogens with one attached hydrogen (secondary N) is 2. The highest BCUT2D eigenvalue weighted by molar-refractivity contribution is 7.21. The van der Waals surface area contributed by atoms with E-state index >= 15 is 0 Å². The molecule has 2 amide bonds. The van der Waals surface area contributed by atoms with Crippen molar-refractivity contribution in [1.82, 2.24) is 34.7 Å². The number of aromatic nitrogens is 5. The Hall–Kier alpha value is -4.71. The lowest BCUT2D eigenvalue weighted by molar-refractivity contribution is 0.0212. The summed E-state index contributed by atoms with van der Waals surface area (Å²) in [6, 6.07) is 14.5. The lowest BCUT2D eigenvalue weighted by Gasteiger charge is -2.27. The molecule has 4 heterocycles. The van der Waals surface area contributed by atoms with Crippen LogP contribution in [0.3, 0.4) is 0 Å². The van der Waals surface area contributed by atoms with Gasteiger partial charge in [0.15, 0.2) is 0 Å². The maximum Gasteiger partial charge on any atom is 0.410 e. The normalized spacial score (nSPS) is 15.2. The first-order valence-electron chi connectivity index (χ1n) is 16.8. The minimum atomic E-state index is -0.556. The summed E-state index contributed by atoms with van der Waals surface area (Å²) in [5.74, 6) is 1.46. The summed E-state index contributed by atoms with van der Waals surface area (Å²) in [4.78, 5) is 49.9. The molecule has 3 aromatic heterocycles. The number of hydrogen-bond donors (Lipinski definition) is 2. The molecule has 5 aromatic rings. The molecule has 0 saturated carbocycles. The van der Waals surface area contributed by atoms with Crippen molar-refractivity contribution >= 4 is 33.7 Å². The molecule has 258 valence electrons. The Morgan fingerprint density at radius 3 is 2.33 bits per heavy atom. The molecule has 1 atom stereocenters. The summed E-state index contributed by atoms with van der Waals surface area (Å²) in [5.41, 5.74) is 4.72. The van der Waals surface area contributed by atoms with Crippen LogP contribution in [-0.2, 0) is 16.0 Å². The van der Waals surface area contributed by atoms with Crippen LogP contribution in [0.2, 0.25) is 0 Å². The maximum absolute atomic E-state index is 12.8. The molecule has 6 rings (SSSR count). The van der Waals surface area contributed by atoms with Crippen molar-refractivity contribution in [3.63, 3.8) is 0 Å². The number of carbonyl (C=O) groups is 2. The number of fused-ring (bicyclic) bond motifs is 1. The van der Waals surface area contributed by atoms with E-state index in [0.29, 0.717) is 25.5 Å². The van der Waals surface area contributed by atoms with Crippen molar-refractivity contribution in [1.29, 1.82) is 0 Å². The monoisotopic (exact) mass is 683 g/mol. The van der Waals surface area contributed by atoms with Gasteiger partial charge in [0.2, 0.25) is 0 Å². The summed E-state index contributed by atoms with van der Waals surface area (Å²) >= 11 is 1.61. The highest BCUT2D eigenvalue weighted by Gasteiger charge is 2.35. The van der Waals surface area contributed by atoms with Crippen LogP contribution in [0.15, 0.2) is 54.9 Å². The van der Waals surface area contributed by atoms with E-state index in [1.165, 1.54) is 0 Å². The molecule has 1 aliphatic heterocycles. The van der Waals surface area contributed by atoms with Gasteiger partial charge in [0, 0.05) is 13.1 Å². The summed E-state index contributed by atoms with van der Waals surface area (Å²) in [5, 5.41) is 0.849. The third-order valence-electron chi connectivity index (χ3n) is 8.05. The molecule has 49 heavy (non-hydrogen) atoms. The third-order valence-corrected chi connectivity index (χ3v) is 9.11. The van der Waals surface area contributed by atoms with Gasteiger partial charge in [-0.15, -0.1) is 11.3 Å². The standard InChI is InChI=1S/C37H45N7O4S/c1-8-17-43(34(45)47-36(2,3)4)22-31-38-20-27(40-31)24-13-11-23(12-14-24)25-15-16-26-30(19-25)49-33(42-26)28-21-39-32(41-28)29-10-9-18-44(29)35(46)48-37(5,6)7/h11-16,19-21,29H,8-10,17-18,22H2,1-7H3,(H,38,40)(H,39,41)/t29-/m0/s1. The number of hydrogen-bond acceptors (Lipinski definition) is 8. The fourth-order valence-electron chi connectivity index (χ4n) is 5.87. The smallest absolute Gasteiger partial charge is 0.410 e. The zero-order valence-corrected chi connectivity index (χ0v) is 30.1. The number of amides is 2. The van der Waals surface area contributed by atoms with Gasteiger partial charge in [-0.2, -0.15) is 0 Å². The summed E-state index contributed by atoms with van der Waals surface area (Å²) in [6.07, 6.45) is 5.52. The number of ether oxygens (including phenoxy) is 2. The topological polar surface area (TPSA) is 129 Å². The van der Waals surface area contributed by atoms with Crippen LogP contribution in [0.1, 0.15) is 85.4 Å². The fourth-order valence-corrected chi connectivity index (χ4v) is 6.84. The van der Waals surface area contributed by atoms with Crippen molar-refractivity contribution in [2.45, 2.75) is 91.5 Å². The number of carbonyl (C=O) groups excluding carboxylic acids is 2. The number of imidazole rings is 2. The molecule has 0 aliphatic carbocycles. The predicted octanol–water partition coefficient (Wildman–Crippen LogP) is 8.96. The molecule has 2 N–H and O–H groups in total. The molecular weight excluding hydrogens is 639 g/mol. The zero-order chi connectivity index (χ0) is 34.9. The molecule has 11 nitrogen and oxygen atoms in total. The van der Waals surface area contributed by atoms with Crippen LogP contribution in [0, 0.1) is 0 Å². The molecule has 0 unspecified atom stereocenters. The molecule has 0 radical (unpaired) electrons. The number of nitrogens with zero attached hydrogens (tertiary/aromatic N) is 5. The molecule has 12 heteroatoms. The van der Waals surface area contributed by atoms with Crippen LogP contribution in [0.25, 0.3) is 43.3 Å². The molecular formula is C37H45N7O4S. The van der Waals surface area contributed by atoms with E-state index in [1.807, 2.05) is 54.5 Å².